The molecule has 0 bridgehead atoms. The van der Waals surface area contributed by atoms with E-state index < -0.39 is 5.97 Å². The summed E-state index contributed by atoms with van der Waals surface area (Å²) in [7, 11) is 0. The van der Waals surface area contributed by atoms with Crippen LogP contribution in [0, 0.1) is 9.39 Å². The number of aromatic nitrogens is 2. The molecule has 3 aromatic rings. The van der Waals surface area contributed by atoms with Crippen molar-refractivity contribution in [3.63, 3.8) is 0 Å². The van der Waals surface area contributed by atoms with Crippen molar-refractivity contribution in [1.29, 1.82) is 0 Å². The Labute approximate surface area is 143 Å². The van der Waals surface area contributed by atoms with Gasteiger partial charge < -0.3 is 5.11 Å². The van der Waals surface area contributed by atoms with Crippen molar-refractivity contribution < 1.29 is 14.3 Å². The summed E-state index contributed by atoms with van der Waals surface area (Å²) in [4.78, 5) is 11.4. The number of halogens is 3. The van der Waals surface area contributed by atoms with Gasteiger partial charge in [-0.1, -0.05) is 17.7 Å². The number of carbonyl (C=O) groups is 1. The summed E-state index contributed by atoms with van der Waals surface area (Å²) in [6.07, 6.45) is 1.52. The average molecular weight is 431 g/mol. The van der Waals surface area contributed by atoms with E-state index in [0.29, 0.717) is 25.1 Å². The molecule has 0 saturated heterocycles. The van der Waals surface area contributed by atoms with Crippen LogP contribution in [0.2, 0.25) is 5.02 Å². The van der Waals surface area contributed by atoms with Crippen LogP contribution in [0.4, 0.5) is 4.39 Å². The lowest BCUT2D eigenvalue weighted by atomic mass is 10.1. The Bertz CT molecular complexity index is 895. The third kappa shape index (κ3) is 2.68. The Morgan fingerprint density at radius 2 is 2.14 bits per heavy atom. The summed E-state index contributed by atoms with van der Waals surface area (Å²) in [6, 6.07) is 7.84. The average Bonchev–Trinajstić information content (AvgIpc) is 2.88. The van der Waals surface area contributed by atoms with Gasteiger partial charge in [0.05, 0.1) is 28.8 Å². The van der Waals surface area contributed by atoms with E-state index >= 15 is 0 Å². The van der Waals surface area contributed by atoms with Gasteiger partial charge in [0.1, 0.15) is 5.82 Å². The fourth-order valence-electron chi connectivity index (χ4n) is 2.27. The van der Waals surface area contributed by atoms with Gasteiger partial charge in [0.2, 0.25) is 0 Å². The minimum Gasteiger partial charge on any atom is -0.478 e. The molecule has 3 rings (SSSR count). The van der Waals surface area contributed by atoms with Crippen LogP contribution in [0.3, 0.4) is 0 Å². The van der Waals surface area contributed by atoms with Gasteiger partial charge in [-0.2, -0.15) is 5.10 Å². The maximum atomic E-state index is 13.6. The minimum absolute atomic E-state index is 0.114. The van der Waals surface area contributed by atoms with Gasteiger partial charge in [0.15, 0.2) is 0 Å². The highest BCUT2D eigenvalue weighted by Crippen LogP contribution is 2.27. The molecule has 0 fully saturated rings. The Morgan fingerprint density at radius 1 is 1.36 bits per heavy atom. The molecule has 0 aliphatic heterocycles. The first-order chi connectivity index (χ1) is 10.5. The summed E-state index contributed by atoms with van der Waals surface area (Å²) >= 11 is 8.00. The molecule has 7 heteroatoms. The molecule has 0 aliphatic rings. The van der Waals surface area contributed by atoms with Crippen LogP contribution in [0.1, 0.15) is 15.9 Å². The molecule has 112 valence electrons. The number of fused-ring (bicyclic) bond motifs is 1. The molecule has 4 nitrogen and oxygen atoms in total. The van der Waals surface area contributed by atoms with Gasteiger partial charge in [-0.15, -0.1) is 0 Å². The van der Waals surface area contributed by atoms with Gasteiger partial charge in [-0.3, -0.25) is 4.68 Å². The number of carboxylic acid groups (broad SMARTS) is 1. The molecule has 0 atom stereocenters. The van der Waals surface area contributed by atoms with Gasteiger partial charge in [-0.05, 0) is 52.4 Å². The van der Waals surface area contributed by atoms with Crippen LogP contribution in [0.25, 0.3) is 10.9 Å². The van der Waals surface area contributed by atoms with Crippen LogP contribution >= 0.6 is 34.2 Å². The van der Waals surface area contributed by atoms with Crippen molar-refractivity contribution in [2.45, 2.75) is 6.54 Å². The molecule has 0 aliphatic carbocycles. The van der Waals surface area contributed by atoms with E-state index in [-0.39, 0.29) is 17.9 Å². The van der Waals surface area contributed by atoms with Crippen molar-refractivity contribution in [3.8, 4) is 0 Å². The fourth-order valence-corrected chi connectivity index (χ4v) is 2.81. The molecule has 0 saturated carbocycles. The molecular weight excluding hydrogens is 422 g/mol. The van der Waals surface area contributed by atoms with E-state index in [9.17, 15) is 14.3 Å². The van der Waals surface area contributed by atoms with Crippen LogP contribution < -0.4 is 0 Å². The number of nitrogens with zero attached hydrogens (tertiary/aromatic N) is 2. The summed E-state index contributed by atoms with van der Waals surface area (Å²) in [6.45, 7) is 0.262. The molecule has 22 heavy (non-hydrogen) atoms. The zero-order chi connectivity index (χ0) is 15.9. The molecule has 0 unspecified atom stereocenters. The second-order valence-electron chi connectivity index (χ2n) is 4.71. The quantitative estimate of drug-likeness (QED) is 0.634. The number of aromatic carboxylic acids is 1. The molecule has 0 amide bonds. The van der Waals surface area contributed by atoms with Crippen molar-refractivity contribution in [3.05, 3.63) is 62.1 Å². The zero-order valence-electron chi connectivity index (χ0n) is 11.1. The molecule has 1 aromatic heterocycles. The highest BCUT2D eigenvalue weighted by molar-refractivity contribution is 14.1. The van der Waals surface area contributed by atoms with E-state index in [1.54, 1.807) is 12.1 Å². The summed E-state index contributed by atoms with van der Waals surface area (Å²) in [5.74, 6) is -1.37. The largest absolute Gasteiger partial charge is 0.478 e. The van der Waals surface area contributed by atoms with E-state index in [1.807, 2.05) is 22.6 Å². The lowest BCUT2D eigenvalue weighted by Crippen LogP contribution is -2.06. The molecule has 2 aromatic carbocycles. The predicted octanol–water partition coefficient (Wildman–Crippen LogP) is 4.18. The molecule has 1 N–H and O–H groups in total. The maximum absolute atomic E-state index is 13.6. The Balaban J connectivity index is 2.13. The molecule has 1 heterocycles. The molecule has 0 radical (unpaired) electrons. The third-order valence-electron chi connectivity index (χ3n) is 3.29. The van der Waals surface area contributed by atoms with Crippen molar-refractivity contribution >= 4 is 51.1 Å². The minimum atomic E-state index is -1.06. The highest BCUT2D eigenvalue weighted by atomic mass is 127. The van der Waals surface area contributed by atoms with Gasteiger partial charge in [0, 0.05) is 8.96 Å². The SMILES string of the molecule is O=C(O)c1ccc(Cl)c2cnn(Cc3ccc(I)c(F)c3)c12. The van der Waals surface area contributed by atoms with Gasteiger partial charge in [0.25, 0.3) is 0 Å². The molecular formula is C15H9ClFIN2O2. The van der Waals surface area contributed by atoms with E-state index in [4.69, 9.17) is 11.6 Å². The summed E-state index contributed by atoms with van der Waals surface area (Å²) in [5.41, 5.74) is 1.24. The molecule has 0 spiro atoms. The van der Waals surface area contributed by atoms with Crippen LogP contribution in [0.5, 0.6) is 0 Å². The number of benzene rings is 2. The monoisotopic (exact) mass is 430 g/mol. The van der Waals surface area contributed by atoms with Crippen molar-refractivity contribution in [2.24, 2.45) is 0 Å². The Kier molecular flexibility index (Phi) is 4.05. The summed E-state index contributed by atoms with van der Waals surface area (Å²) in [5, 5.41) is 14.5. The van der Waals surface area contributed by atoms with Crippen LogP contribution in [-0.2, 0) is 6.54 Å². The van der Waals surface area contributed by atoms with E-state index in [0.717, 1.165) is 0 Å². The van der Waals surface area contributed by atoms with E-state index in [1.165, 1.54) is 29.1 Å². The van der Waals surface area contributed by atoms with Crippen LogP contribution in [-0.4, -0.2) is 20.9 Å². The topological polar surface area (TPSA) is 55.1 Å². The highest BCUT2D eigenvalue weighted by Gasteiger charge is 2.16. The first-order valence-electron chi connectivity index (χ1n) is 6.28. The summed E-state index contributed by atoms with van der Waals surface area (Å²) < 4.78 is 15.7. The fraction of sp³-hybridized carbons (Fsp3) is 0.0667. The maximum Gasteiger partial charge on any atom is 0.337 e. The number of hydrogen-bond donors (Lipinski definition) is 1. The first kappa shape index (κ1) is 15.2. The zero-order valence-corrected chi connectivity index (χ0v) is 14.0. The van der Waals surface area contributed by atoms with Crippen molar-refractivity contribution in [2.75, 3.05) is 0 Å². The number of hydrogen-bond acceptors (Lipinski definition) is 2. The lowest BCUT2D eigenvalue weighted by molar-refractivity contribution is 0.0698. The number of rotatable bonds is 3. The number of carboxylic acids is 1. The second kappa shape index (κ2) is 5.85. The van der Waals surface area contributed by atoms with E-state index in [2.05, 4.69) is 5.10 Å². The predicted molar refractivity (Wildman–Crippen MR) is 89.9 cm³/mol. The smallest absolute Gasteiger partial charge is 0.337 e. The van der Waals surface area contributed by atoms with Gasteiger partial charge in [-0.25, -0.2) is 9.18 Å². The second-order valence-corrected chi connectivity index (χ2v) is 6.28. The third-order valence-corrected chi connectivity index (χ3v) is 4.50. The lowest BCUT2D eigenvalue weighted by Gasteiger charge is -2.07. The Hall–Kier alpha value is -1.67. The normalized spacial score (nSPS) is 11.0. The Morgan fingerprint density at radius 3 is 2.82 bits per heavy atom. The standard InChI is InChI=1S/C15H9ClFIN2O2/c16-11-3-2-9(15(21)22)14-10(11)6-19-20(14)7-8-1-4-13(18)12(17)5-8/h1-6H,7H2,(H,21,22). The first-order valence-corrected chi connectivity index (χ1v) is 7.74. The van der Waals surface area contributed by atoms with Crippen LogP contribution in [0.15, 0.2) is 36.5 Å². The van der Waals surface area contributed by atoms with Gasteiger partial charge >= 0.3 is 5.97 Å². The van der Waals surface area contributed by atoms with Crippen molar-refractivity contribution in [1.82, 2.24) is 9.78 Å².